The van der Waals surface area contributed by atoms with Gasteiger partial charge in [0.15, 0.2) is 0 Å². The second-order valence-electron chi connectivity index (χ2n) is 7.20. The number of nitrogens with two attached hydrogens (primary N) is 1. The molecule has 2 N–H and O–H groups in total. The molecule has 0 spiro atoms. The molecule has 2 atom stereocenters. The highest BCUT2D eigenvalue weighted by molar-refractivity contribution is 5.99. The van der Waals surface area contributed by atoms with Crippen molar-refractivity contribution in [1.82, 2.24) is 14.7 Å². The number of likely N-dealkylation sites (N-methyl/N-ethyl adjacent to an activating group) is 2. The third-order valence-electron chi connectivity index (χ3n) is 5.17. The summed E-state index contributed by atoms with van der Waals surface area (Å²) in [7, 11) is 3.77. The number of hydrogen-bond acceptors (Lipinski definition) is 6. The zero-order valence-electron chi connectivity index (χ0n) is 15.9. The first-order chi connectivity index (χ1) is 13.4. The Kier molecular flexibility index (Phi) is 4.68. The molecule has 0 radical (unpaired) electrons. The van der Waals surface area contributed by atoms with Gasteiger partial charge in [0.2, 0.25) is 5.91 Å². The van der Waals surface area contributed by atoms with Gasteiger partial charge in [-0.05, 0) is 31.7 Å². The quantitative estimate of drug-likeness (QED) is 0.847. The lowest BCUT2D eigenvalue weighted by atomic mass is 10.1. The molecule has 9 nitrogen and oxygen atoms in total. The number of nitrogens with zero attached hydrogens (tertiary/aromatic N) is 4. The fourth-order valence-electron chi connectivity index (χ4n) is 3.59. The molecule has 0 aliphatic carbocycles. The number of anilines is 1. The van der Waals surface area contributed by atoms with Crippen LogP contribution in [-0.2, 0) is 4.79 Å². The van der Waals surface area contributed by atoms with Crippen molar-refractivity contribution in [2.45, 2.75) is 18.4 Å². The monoisotopic (exact) mass is 385 g/mol. The van der Waals surface area contributed by atoms with E-state index in [2.05, 4.69) is 17.0 Å². The molecule has 2 amide bonds. The van der Waals surface area contributed by atoms with Crippen LogP contribution in [0.2, 0.25) is 0 Å². The van der Waals surface area contributed by atoms with Crippen molar-refractivity contribution in [3.63, 3.8) is 0 Å². The van der Waals surface area contributed by atoms with E-state index in [4.69, 9.17) is 15.2 Å². The predicted octanol–water partition coefficient (Wildman–Crippen LogP) is 1.03. The van der Waals surface area contributed by atoms with Gasteiger partial charge >= 0.3 is 6.03 Å². The molecule has 1 fully saturated rings. The molecule has 2 aliphatic heterocycles. The lowest BCUT2D eigenvalue weighted by Crippen LogP contribution is -2.32. The highest BCUT2D eigenvalue weighted by atomic mass is 16.5. The summed E-state index contributed by atoms with van der Waals surface area (Å²) < 4.78 is 13.0. The minimum Gasteiger partial charge on any atom is -0.490 e. The Bertz CT molecular complexity index is 911. The molecule has 2 aromatic rings. The number of likely N-dealkylation sites (tertiary alicyclic amines) is 1. The first-order valence-corrected chi connectivity index (χ1v) is 9.17. The Morgan fingerprint density at radius 3 is 2.82 bits per heavy atom. The summed E-state index contributed by atoms with van der Waals surface area (Å²) in [4.78, 5) is 28.1. The Morgan fingerprint density at radius 1 is 1.32 bits per heavy atom. The number of fused-ring (bicyclic) bond motifs is 1. The van der Waals surface area contributed by atoms with E-state index in [0.29, 0.717) is 22.9 Å². The third-order valence-corrected chi connectivity index (χ3v) is 5.17. The Hall–Kier alpha value is -3.07. The Morgan fingerprint density at radius 2 is 2.14 bits per heavy atom. The van der Waals surface area contributed by atoms with Crippen LogP contribution >= 0.6 is 0 Å². The summed E-state index contributed by atoms with van der Waals surface area (Å²) in [5, 5.41) is 4.10. The number of amides is 2. The topological polar surface area (TPSA) is 103 Å². The normalized spacial score (nSPS) is 22.5. The summed E-state index contributed by atoms with van der Waals surface area (Å²) in [6, 6.07) is 6.40. The maximum absolute atomic E-state index is 13.0. The molecule has 1 saturated heterocycles. The minimum atomic E-state index is -0.704. The number of carbonyl (C=O) groups excluding carboxylic acids is 2. The van der Waals surface area contributed by atoms with Crippen LogP contribution in [0.3, 0.4) is 0 Å². The average molecular weight is 385 g/mol. The van der Waals surface area contributed by atoms with E-state index in [-0.39, 0.29) is 18.6 Å². The number of rotatable bonds is 3. The van der Waals surface area contributed by atoms with Crippen LogP contribution < -0.4 is 20.1 Å². The van der Waals surface area contributed by atoms with Crippen LogP contribution in [0.25, 0.3) is 0 Å². The van der Waals surface area contributed by atoms with Crippen molar-refractivity contribution in [1.29, 1.82) is 0 Å². The van der Waals surface area contributed by atoms with Gasteiger partial charge in [-0.3, -0.25) is 4.79 Å². The van der Waals surface area contributed by atoms with Crippen molar-refractivity contribution in [2.24, 2.45) is 5.73 Å². The molecule has 148 valence electrons. The molecular weight excluding hydrogens is 362 g/mol. The lowest BCUT2D eigenvalue weighted by Gasteiger charge is -2.20. The van der Waals surface area contributed by atoms with Gasteiger partial charge < -0.3 is 25.0 Å². The standard InChI is InChI=1S/C19H23N5O4/c1-22-7-5-13(10-22)28-12-3-4-17-16(9-12)23(2)18(25)14(11-27-17)15-6-8-24(21-15)19(20)26/h3-4,6,8-9,13-14H,5,7,10-11H2,1-2H3,(H2,20,26)/t13-,14-/m1/s1. The van der Waals surface area contributed by atoms with Crippen LogP contribution in [0.4, 0.5) is 10.5 Å². The second-order valence-corrected chi connectivity index (χ2v) is 7.20. The number of primary amides is 1. The first kappa shape index (κ1) is 18.3. The van der Waals surface area contributed by atoms with Gasteiger partial charge in [-0.15, -0.1) is 0 Å². The molecule has 1 aromatic carbocycles. The molecule has 28 heavy (non-hydrogen) atoms. The average Bonchev–Trinajstić information content (AvgIpc) is 3.29. The summed E-state index contributed by atoms with van der Waals surface area (Å²) in [6.07, 6.45) is 2.55. The van der Waals surface area contributed by atoms with Crippen molar-refractivity contribution >= 4 is 17.6 Å². The number of aromatic nitrogens is 2. The molecular formula is C19H23N5O4. The van der Waals surface area contributed by atoms with E-state index < -0.39 is 11.9 Å². The van der Waals surface area contributed by atoms with Gasteiger partial charge in [0, 0.05) is 32.4 Å². The zero-order chi connectivity index (χ0) is 19.8. The molecule has 1 aromatic heterocycles. The first-order valence-electron chi connectivity index (χ1n) is 9.17. The second kappa shape index (κ2) is 7.16. The zero-order valence-corrected chi connectivity index (χ0v) is 15.9. The van der Waals surface area contributed by atoms with Crippen molar-refractivity contribution < 1.29 is 19.1 Å². The summed E-state index contributed by atoms with van der Waals surface area (Å²) >= 11 is 0. The number of carbonyl (C=O) groups is 2. The van der Waals surface area contributed by atoms with Crippen LogP contribution in [0, 0.1) is 0 Å². The van der Waals surface area contributed by atoms with E-state index in [1.54, 1.807) is 18.0 Å². The van der Waals surface area contributed by atoms with Gasteiger partial charge in [-0.25, -0.2) is 4.79 Å². The van der Waals surface area contributed by atoms with Crippen molar-refractivity contribution in [3.05, 3.63) is 36.2 Å². The van der Waals surface area contributed by atoms with Gasteiger partial charge in [0.25, 0.3) is 0 Å². The van der Waals surface area contributed by atoms with Crippen molar-refractivity contribution in [3.8, 4) is 11.5 Å². The largest absolute Gasteiger partial charge is 0.490 e. The van der Waals surface area contributed by atoms with E-state index in [0.717, 1.165) is 24.2 Å². The molecule has 0 unspecified atom stereocenters. The number of ether oxygens (including phenoxy) is 2. The summed E-state index contributed by atoms with van der Waals surface area (Å²) in [5.41, 5.74) is 6.31. The maximum Gasteiger partial charge on any atom is 0.339 e. The molecule has 0 bridgehead atoms. The summed E-state index contributed by atoms with van der Waals surface area (Å²) in [6.45, 7) is 2.02. The van der Waals surface area contributed by atoms with Gasteiger partial charge in [-0.1, -0.05) is 0 Å². The molecule has 0 saturated carbocycles. The third kappa shape index (κ3) is 3.40. The molecule has 4 rings (SSSR count). The maximum atomic E-state index is 13.0. The predicted molar refractivity (Wildman–Crippen MR) is 102 cm³/mol. The fourth-order valence-corrected chi connectivity index (χ4v) is 3.59. The van der Waals surface area contributed by atoms with Gasteiger partial charge in [-0.2, -0.15) is 9.78 Å². The van der Waals surface area contributed by atoms with Crippen LogP contribution in [0.15, 0.2) is 30.5 Å². The molecule has 3 heterocycles. The van der Waals surface area contributed by atoms with Crippen LogP contribution in [0.5, 0.6) is 11.5 Å². The van der Waals surface area contributed by atoms with Crippen LogP contribution in [0.1, 0.15) is 18.0 Å². The minimum absolute atomic E-state index is 0.125. The number of hydrogen-bond donors (Lipinski definition) is 1. The van der Waals surface area contributed by atoms with E-state index in [1.807, 2.05) is 18.2 Å². The smallest absolute Gasteiger partial charge is 0.339 e. The highest BCUT2D eigenvalue weighted by Gasteiger charge is 2.33. The van der Waals surface area contributed by atoms with Crippen LogP contribution in [-0.4, -0.2) is 66.5 Å². The van der Waals surface area contributed by atoms with Crippen molar-refractivity contribution in [2.75, 3.05) is 38.7 Å². The lowest BCUT2D eigenvalue weighted by molar-refractivity contribution is -0.120. The van der Waals surface area contributed by atoms with E-state index >= 15 is 0 Å². The Balaban J connectivity index is 1.56. The van der Waals surface area contributed by atoms with Gasteiger partial charge in [0.1, 0.15) is 30.1 Å². The highest BCUT2D eigenvalue weighted by Crippen LogP contribution is 2.37. The molecule has 9 heteroatoms. The van der Waals surface area contributed by atoms with E-state index in [1.165, 1.54) is 6.20 Å². The van der Waals surface area contributed by atoms with Gasteiger partial charge in [0.05, 0.1) is 11.4 Å². The Labute approximate surface area is 162 Å². The molecule has 2 aliphatic rings. The SMILES string of the molecule is CN1CC[C@@H](Oc2ccc3c(c2)N(C)C(=O)[C@@H](c2ccn(C(N)=O)n2)CO3)C1. The fraction of sp³-hybridized carbons (Fsp3) is 0.421. The number of benzene rings is 1. The van der Waals surface area contributed by atoms with E-state index in [9.17, 15) is 9.59 Å². The summed E-state index contributed by atoms with van der Waals surface area (Å²) in [5.74, 6) is 0.499.